The molecule has 72 valence electrons. The average molecular weight is 308 g/mol. The van der Waals surface area contributed by atoms with E-state index in [2.05, 4.69) is 31.9 Å². The summed E-state index contributed by atoms with van der Waals surface area (Å²) in [6, 6.07) is 0. The van der Waals surface area contributed by atoms with Crippen molar-refractivity contribution < 1.29 is 0 Å². The number of hydrogen-bond acceptors (Lipinski definition) is 3. The first kappa shape index (κ1) is 9.83. The molecule has 2 nitrogen and oxygen atoms in total. The molecule has 0 bridgehead atoms. The zero-order chi connectivity index (χ0) is 9.10. The fourth-order valence-corrected chi connectivity index (χ4v) is 2.95. The van der Waals surface area contributed by atoms with Gasteiger partial charge in [0.05, 0.1) is 0 Å². The molecule has 2 rings (SSSR count). The van der Waals surface area contributed by atoms with Crippen LogP contribution in [0.2, 0.25) is 0 Å². The molecule has 1 fully saturated rings. The third-order valence-electron chi connectivity index (χ3n) is 2.64. The van der Waals surface area contributed by atoms with Crippen LogP contribution in [-0.2, 0) is 0 Å². The lowest BCUT2D eigenvalue weighted by Gasteiger charge is -2.08. The summed E-state index contributed by atoms with van der Waals surface area (Å²) in [5.41, 5.74) is 0. The average Bonchev–Trinajstić information content (AvgIpc) is 2.43. The standard InChI is InChI=1S/C9H13IN2S/c10-9-11-8(12-13-9)7-5-3-1-2-4-6-7/h7H,1-6H2. The molecule has 0 N–H and O–H groups in total. The van der Waals surface area contributed by atoms with Crippen molar-refractivity contribution in [1.29, 1.82) is 0 Å². The molecule has 0 spiro atoms. The molecular formula is C9H13IN2S. The van der Waals surface area contributed by atoms with Crippen LogP contribution in [0.1, 0.15) is 50.3 Å². The van der Waals surface area contributed by atoms with Gasteiger partial charge in [0.1, 0.15) is 5.82 Å². The van der Waals surface area contributed by atoms with Crippen LogP contribution in [0.3, 0.4) is 0 Å². The lowest BCUT2D eigenvalue weighted by molar-refractivity contribution is 0.567. The summed E-state index contributed by atoms with van der Waals surface area (Å²) >= 11 is 3.78. The summed E-state index contributed by atoms with van der Waals surface area (Å²) in [5.74, 6) is 1.76. The molecule has 0 unspecified atom stereocenters. The van der Waals surface area contributed by atoms with Crippen LogP contribution in [0.4, 0.5) is 0 Å². The molecule has 1 saturated carbocycles. The van der Waals surface area contributed by atoms with Gasteiger partial charge in [-0.05, 0) is 47.0 Å². The second-order valence-electron chi connectivity index (χ2n) is 3.59. The van der Waals surface area contributed by atoms with Crippen LogP contribution in [0.5, 0.6) is 0 Å². The van der Waals surface area contributed by atoms with Crippen LogP contribution in [0.25, 0.3) is 0 Å². The fraction of sp³-hybridized carbons (Fsp3) is 0.778. The van der Waals surface area contributed by atoms with E-state index in [-0.39, 0.29) is 0 Å². The Bertz CT molecular complexity index is 266. The smallest absolute Gasteiger partial charge is 0.173 e. The van der Waals surface area contributed by atoms with Crippen molar-refractivity contribution in [3.63, 3.8) is 0 Å². The van der Waals surface area contributed by atoms with Gasteiger partial charge in [0.25, 0.3) is 0 Å². The molecule has 1 aliphatic carbocycles. The predicted octanol–water partition coefficient (Wildman–Crippen LogP) is 3.58. The summed E-state index contributed by atoms with van der Waals surface area (Å²) < 4.78 is 5.48. The zero-order valence-electron chi connectivity index (χ0n) is 7.50. The van der Waals surface area contributed by atoms with E-state index in [0.29, 0.717) is 5.92 Å². The summed E-state index contributed by atoms with van der Waals surface area (Å²) in [6.45, 7) is 0. The van der Waals surface area contributed by atoms with Crippen molar-refractivity contribution in [3.8, 4) is 0 Å². The van der Waals surface area contributed by atoms with Crippen LogP contribution >= 0.6 is 34.1 Å². The van der Waals surface area contributed by atoms with E-state index >= 15 is 0 Å². The molecular weight excluding hydrogens is 295 g/mol. The first-order valence-corrected chi connectivity index (χ1v) is 6.70. The minimum absolute atomic E-state index is 0.655. The van der Waals surface area contributed by atoms with E-state index in [0.717, 1.165) is 8.84 Å². The first-order valence-electron chi connectivity index (χ1n) is 4.85. The van der Waals surface area contributed by atoms with Gasteiger partial charge in [-0.15, -0.1) is 0 Å². The third-order valence-corrected chi connectivity index (χ3v) is 3.99. The first-order chi connectivity index (χ1) is 6.36. The molecule has 0 aliphatic heterocycles. The lowest BCUT2D eigenvalue weighted by atomic mass is 10.00. The second kappa shape index (κ2) is 4.68. The minimum atomic E-state index is 0.655. The fourth-order valence-electron chi connectivity index (χ4n) is 1.92. The van der Waals surface area contributed by atoms with Gasteiger partial charge in [0.15, 0.2) is 3.01 Å². The molecule has 13 heavy (non-hydrogen) atoms. The SMILES string of the molecule is Ic1nc(C2CCCCCC2)ns1. The predicted molar refractivity (Wildman–Crippen MR) is 63.1 cm³/mol. The van der Waals surface area contributed by atoms with Crippen molar-refractivity contribution in [2.24, 2.45) is 0 Å². The molecule has 1 aliphatic rings. The lowest BCUT2D eigenvalue weighted by Crippen LogP contribution is -1.99. The van der Waals surface area contributed by atoms with Crippen LogP contribution < -0.4 is 0 Å². The molecule has 1 aromatic heterocycles. The van der Waals surface area contributed by atoms with Gasteiger partial charge < -0.3 is 0 Å². The van der Waals surface area contributed by atoms with Gasteiger partial charge in [-0.1, -0.05) is 25.7 Å². The van der Waals surface area contributed by atoms with E-state index < -0.39 is 0 Å². The molecule has 0 aromatic carbocycles. The molecule has 0 radical (unpaired) electrons. The highest BCUT2D eigenvalue weighted by molar-refractivity contribution is 14.1. The van der Waals surface area contributed by atoms with E-state index in [1.54, 1.807) is 0 Å². The topological polar surface area (TPSA) is 25.8 Å². The number of rotatable bonds is 1. The van der Waals surface area contributed by atoms with E-state index in [9.17, 15) is 0 Å². The van der Waals surface area contributed by atoms with Crippen LogP contribution in [0.15, 0.2) is 0 Å². The van der Waals surface area contributed by atoms with Crippen LogP contribution in [0, 0.1) is 3.01 Å². The molecule has 0 saturated heterocycles. The van der Waals surface area contributed by atoms with Crippen molar-refractivity contribution in [1.82, 2.24) is 9.36 Å². The Balaban J connectivity index is 2.06. The monoisotopic (exact) mass is 308 g/mol. The normalized spacial score (nSPS) is 20.1. The summed E-state index contributed by atoms with van der Waals surface area (Å²) in [4.78, 5) is 4.47. The van der Waals surface area contributed by atoms with Gasteiger partial charge in [0, 0.05) is 5.92 Å². The molecule has 1 heterocycles. The minimum Gasteiger partial charge on any atom is -0.213 e. The quantitative estimate of drug-likeness (QED) is 0.585. The zero-order valence-corrected chi connectivity index (χ0v) is 10.5. The van der Waals surface area contributed by atoms with Gasteiger partial charge in [0.2, 0.25) is 0 Å². The van der Waals surface area contributed by atoms with Crippen molar-refractivity contribution >= 4 is 34.1 Å². The largest absolute Gasteiger partial charge is 0.213 e. The Morgan fingerprint density at radius 2 is 1.85 bits per heavy atom. The number of nitrogens with zero attached hydrogens (tertiary/aromatic N) is 2. The molecule has 0 amide bonds. The van der Waals surface area contributed by atoms with Gasteiger partial charge in [-0.2, -0.15) is 4.37 Å². The van der Waals surface area contributed by atoms with Gasteiger partial charge >= 0.3 is 0 Å². The Labute approximate surface area is 96.5 Å². The highest BCUT2D eigenvalue weighted by Crippen LogP contribution is 2.30. The van der Waals surface area contributed by atoms with Gasteiger partial charge in [-0.25, -0.2) is 4.98 Å². The highest BCUT2D eigenvalue weighted by Gasteiger charge is 2.17. The Morgan fingerprint density at radius 1 is 1.15 bits per heavy atom. The summed E-state index contributed by atoms with van der Waals surface area (Å²) in [7, 11) is 0. The molecule has 4 heteroatoms. The third kappa shape index (κ3) is 2.62. The van der Waals surface area contributed by atoms with E-state index in [1.165, 1.54) is 50.1 Å². The van der Waals surface area contributed by atoms with E-state index in [1.807, 2.05) is 0 Å². The maximum atomic E-state index is 4.47. The number of halogens is 1. The van der Waals surface area contributed by atoms with Gasteiger partial charge in [-0.3, -0.25) is 0 Å². The number of hydrogen-bond donors (Lipinski definition) is 0. The Hall–Kier alpha value is 0.290. The summed E-state index contributed by atoms with van der Waals surface area (Å²) in [5, 5.41) is 0. The van der Waals surface area contributed by atoms with Crippen molar-refractivity contribution in [3.05, 3.63) is 8.84 Å². The maximum Gasteiger partial charge on any atom is 0.173 e. The van der Waals surface area contributed by atoms with Crippen LogP contribution in [-0.4, -0.2) is 9.36 Å². The van der Waals surface area contributed by atoms with E-state index in [4.69, 9.17) is 0 Å². The highest BCUT2D eigenvalue weighted by atomic mass is 127. The Morgan fingerprint density at radius 3 is 2.38 bits per heavy atom. The van der Waals surface area contributed by atoms with Crippen molar-refractivity contribution in [2.45, 2.75) is 44.4 Å². The maximum absolute atomic E-state index is 4.47. The molecule has 1 aromatic rings. The number of aromatic nitrogens is 2. The Kier molecular flexibility index (Phi) is 3.54. The second-order valence-corrected chi connectivity index (χ2v) is 6.10. The molecule has 0 atom stereocenters. The summed E-state index contributed by atoms with van der Waals surface area (Å²) in [6.07, 6.45) is 8.12. The van der Waals surface area contributed by atoms with Crippen molar-refractivity contribution in [2.75, 3.05) is 0 Å².